The predicted octanol–water partition coefficient (Wildman–Crippen LogP) is 7.40. The number of unbranched alkanes of at least 4 members (excludes halogenated alkanes) is 1. The fourth-order valence-electron chi connectivity index (χ4n) is 4.17. The fraction of sp³-hybridized carbons (Fsp3) is 0.417. The molecule has 0 saturated carbocycles. The second-order valence-electron chi connectivity index (χ2n) is 7.18. The zero-order valence-electron chi connectivity index (χ0n) is 16.2. The molecule has 0 N–H and O–H groups in total. The Bertz CT molecular complexity index is 611. The maximum Gasteiger partial charge on any atom is 0.0651 e. The largest absolute Gasteiger partial charge is 0.0913 e. The number of hydrogen-bond acceptors (Lipinski definition) is 0. The van der Waals surface area contributed by atoms with E-state index in [2.05, 4.69) is 93.6 Å². The summed E-state index contributed by atoms with van der Waals surface area (Å²) < 4.78 is 0. The zero-order valence-corrected chi connectivity index (χ0v) is 17.2. The normalized spacial score (nSPS) is 13.2. The molecule has 1 heteroatoms. The number of hydrogen-bond donors (Lipinski definition) is 0. The highest BCUT2D eigenvalue weighted by molar-refractivity contribution is 6.81. The van der Waals surface area contributed by atoms with E-state index in [1.54, 1.807) is 0 Å². The summed E-state index contributed by atoms with van der Waals surface area (Å²) in [5, 5.41) is 0. The molecule has 2 aromatic rings. The highest BCUT2D eigenvalue weighted by Crippen LogP contribution is 2.38. The van der Waals surface area contributed by atoms with E-state index in [4.69, 9.17) is 0 Å². The Morgan fingerprint density at radius 3 is 2.00 bits per heavy atom. The van der Waals surface area contributed by atoms with Crippen molar-refractivity contribution in [3.05, 3.63) is 83.9 Å². The molecule has 0 spiro atoms. The van der Waals surface area contributed by atoms with Crippen LogP contribution in [0, 0.1) is 0 Å². The van der Waals surface area contributed by atoms with Crippen LogP contribution in [-0.2, 0) is 6.42 Å². The van der Waals surface area contributed by atoms with Crippen LogP contribution in [0.1, 0.15) is 50.3 Å². The first-order chi connectivity index (χ1) is 12.3. The van der Waals surface area contributed by atoms with E-state index in [-0.39, 0.29) is 0 Å². The van der Waals surface area contributed by atoms with Gasteiger partial charge >= 0.3 is 0 Å². The second-order valence-corrected chi connectivity index (χ2v) is 12.4. The Hall–Kier alpha value is -1.60. The van der Waals surface area contributed by atoms with Crippen LogP contribution in [-0.4, -0.2) is 8.07 Å². The molecule has 2 rings (SSSR count). The third kappa shape index (κ3) is 5.44. The molecule has 0 saturated heterocycles. The van der Waals surface area contributed by atoms with E-state index in [0.717, 1.165) is 0 Å². The summed E-state index contributed by atoms with van der Waals surface area (Å²) in [4.78, 5) is 0. The van der Waals surface area contributed by atoms with Gasteiger partial charge in [0.25, 0.3) is 0 Å². The number of aryl methyl sites for hydroxylation is 1. The van der Waals surface area contributed by atoms with Gasteiger partial charge in [-0.2, -0.15) is 0 Å². The van der Waals surface area contributed by atoms with Gasteiger partial charge in [-0.1, -0.05) is 111 Å². The van der Waals surface area contributed by atoms with Gasteiger partial charge in [-0.05, 0) is 36.4 Å². The minimum Gasteiger partial charge on any atom is -0.0913 e. The van der Waals surface area contributed by atoms with Gasteiger partial charge in [-0.15, -0.1) is 0 Å². The number of allylic oxidation sites excluding steroid dienone is 2. The molecule has 25 heavy (non-hydrogen) atoms. The van der Waals surface area contributed by atoms with Gasteiger partial charge in [0.2, 0.25) is 0 Å². The van der Waals surface area contributed by atoms with Crippen molar-refractivity contribution in [2.24, 2.45) is 0 Å². The average molecular weight is 351 g/mol. The van der Waals surface area contributed by atoms with E-state index in [0.29, 0.717) is 5.54 Å². The van der Waals surface area contributed by atoms with Gasteiger partial charge in [0.15, 0.2) is 0 Å². The van der Waals surface area contributed by atoms with E-state index in [1.807, 2.05) is 0 Å². The second kappa shape index (κ2) is 10.4. The standard InChI is InChI=1S/C24H34Si/c1-4-15-24(23-19-11-8-12-20-23)25(5-2,6-3)21-14-13-18-22-16-9-7-10-17-22/h4,7-12,15-17,19-20,24H,5-6,13-14,18,21H2,1-3H3/b15-4+/t24-/m1/s1. The average Bonchev–Trinajstić information content (AvgIpc) is 2.69. The topological polar surface area (TPSA) is 0 Å². The first kappa shape index (κ1) is 19.7. The predicted molar refractivity (Wildman–Crippen MR) is 115 cm³/mol. The van der Waals surface area contributed by atoms with Crippen molar-refractivity contribution in [2.75, 3.05) is 0 Å². The molecule has 0 aliphatic carbocycles. The highest BCUT2D eigenvalue weighted by Gasteiger charge is 2.36. The third-order valence-corrected chi connectivity index (χ3v) is 11.9. The summed E-state index contributed by atoms with van der Waals surface area (Å²) in [6.45, 7) is 7.05. The SMILES string of the molecule is C/C=C/[C@H](c1ccccc1)[Si](CC)(CC)CCCCc1ccccc1. The van der Waals surface area contributed by atoms with Crippen molar-refractivity contribution in [3.8, 4) is 0 Å². The molecule has 0 aliphatic heterocycles. The van der Waals surface area contributed by atoms with Crippen LogP contribution in [0.4, 0.5) is 0 Å². The maximum atomic E-state index is 2.49. The molecule has 0 nitrogen and oxygen atoms in total. The monoisotopic (exact) mass is 350 g/mol. The van der Waals surface area contributed by atoms with Crippen molar-refractivity contribution in [1.29, 1.82) is 0 Å². The van der Waals surface area contributed by atoms with Crippen LogP contribution >= 0.6 is 0 Å². The summed E-state index contributed by atoms with van der Waals surface area (Å²) >= 11 is 0. The molecule has 0 aromatic heterocycles. The highest BCUT2D eigenvalue weighted by atomic mass is 28.3. The maximum absolute atomic E-state index is 2.49. The molecule has 0 heterocycles. The van der Waals surface area contributed by atoms with Gasteiger partial charge < -0.3 is 0 Å². The minimum absolute atomic E-state index is 0.658. The van der Waals surface area contributed by atoms with Crippen LogP contribution in [0.5, 0.6) is 0 Å². The van der Waals surface area contributed by atoms with Crippen LogP contribution < -0.4 is 0 Å². The van der Waals surface area contributed by atoms with E-state index < -0.39 is 8.07 Å². The lowest BCUT2D eigenvalue weighted by molar-refractivity contribution is 0.772. The molecule has 0 amide bonds. The Labute approximate surface area is 156 Å². The summed E-state index contributed by atoms with van der Waals surface area (Å²) in [5.41, 5.74) is 3.67. The van der Waals surface area contributed by atoms with E-state index in [9.17, 15) is 0 Å². The summed E-state index contributed by atoms with van der Waals surface area (Å²) in [7, 11) is -1.36. The first-order valence-electron chi connectivity index (χ1n) is 9.97. The third-order valence-electron chi connectivity index (χ3n) is 5.84. The summed E-state index contributed by atoms with van der Waals surface area (Å²) in [5.74, 6) is 0. The molecule has 0 bridgehead atoms. The zero-order chi connectivity index (χ0) is 18.0. The molecule has 2 aromatic carbocycles. The lowest BCUT2D eigenvalue weighted by atomic mass is 10.1. The van der Waals surface area contributed by atoms with Crippen LogP contribution in [0.15, 0.2) is 72.8 Å². The molecular formula is C24H34Si. The van der Waals surface area contributed by atoms with E-state index >= 15 is 0 Å². The number of rotatable bonds is 10. The Morgan fingerprint density at radius 2 is 1.44 bits per heavy atom. The van der Waals surface area contributed by atoms with Gasteiger partial charge in [0.05, 0.1) is 8.07 Å². The molecule has 0 radical (unpaired) electrons. The molecule has 134 valence electrons. The number of benzene rings is 2. The van der Waals surface area contributed by atoms with Crippen LogP contribution in [0.25, 0.3) is 0 Å². The van der Waals surface area contributed by atoms with Crippen molar-refractivity contribution in [1.82, 2.24) is 0 Å². The van der Waals surface area contributed by atoms with Gasteiger partial charge in [0.1, 0.15) is 0 Å². The molecule has 1 atom stereocenters. The minimum atomic E-state index is -1.36. The van der Waals surface area contributed by atoms with Crippen molar-refractivity contribution in [3.63, 3.8) is 0 Å². The smallest absolute Gasteiger partial charge is 0.0651 e. The quantitative estimate of drug-likeness (QED) is 0.238. The van der Waals surface area contributed by atoms with Gasteiger partial charge in [-0.3, -0.25) is 0 Å². The Balaban J connectivity index is 2.07. The first-order valence-corrected chi connectivity index (χ1v) is 12.7. The van der Waals surface area contributed by atoms with Crippen molar-refractivity contribution in [2.45, 2.75) is 63.7 Å². The van der Waals surface area contributed by atoms with Crippen LogP contribution in [0.2, 0.25) is 18.1 Å². The summed E-state index contributed by atoms with van der Waals surface area (Å²) in [6.07, 6.45) is 8.67. The van der Waals surface area contributed by atoms with Gasteiger partial charge in [0, 0.05) is 0 Å². The van der Waals surface area contributed by atoms with E-state index in [1.165, 1.54) is 48.5 Å². The van der Waals surface area contributed by atoms with Gasteiger partial charge in [-0.25, -0.2) is 0 Å². The Morgan fingerprint density at radius 1 is 0.840 bits per heavy atom. The molecular weight excluding hydrogens is 316 g/mol. The molecule has 0 fully saturated rings. The van der Waals surface area contributed by atoms with Crippen LogP contribution in [0.3, 0.4) is 0 Å². The Kier molecular flexibility index (Phi) is 8.20. The fourth-order valence-corrected chi connectivity index (χ4v) is 9.02. The lowest BCUT2D eigenvalue weighted by Gasteiger charge is -2.37. The van der Waals surface area contributed by atoms with Crippen molar-refractivity contribution < 1.29 is 0 Å². The lowest BCUT2D eigenvalue weighted by Crippen LogP contribution is -2.39. The van der Waals surface area contributed by atoms with Crippen molar-refractivity contribution >= 4 is 8.07 Å². The summed E-state index contributed by atoms with van der Waals surface area (Å²) in [6, 6.07) is 26.3. The molecule has 0 unspecified atom stereocenters. The molecule has 0 aliphatic rings.